The van der Waals surface area contributed by atoms with Gasteiger partial charge in [-0.1, -0.05) is 37.3 Å². The number of phenols is 1. The molecule has 0 saturated carbocycles. The van der Waals surface area contributed by atoms with Crippen molar-refractivity contribution < 1.29 is 22.9 Å². The highest BCUT2D eigenvalue weighted by atomic mass is 32.2. The molecule has 1 amide bonds. The van der Waals surface area contributed by atoms with Gasteiger partial charge in [-0.25, -0.2) is 4.98 Å². The van der Waals surface area contributed by atoms with Gasteiger partial charge in [0.15, 0.2) is 0 Å². The summed E-state index contributed by atoms with van der Waals surface area (Å²) in [5.74, 6) is -0.178. The SMILES string of the molecule is CCc1csc(C(Cc2ccc(NS(=O)(=O)O)cc2)NC(=O)Cc2ccccc2O)n1. The summed E-state index contributed by atoms with van der Waals surface area (Å²) in [6.45, 7) is 2.01. The number of anilines is 1. The predicted molar refractivity (Wildman–Crippen MR) is 120 cm³/mol. The molecule has 0 radical (unpaired) electrons. The lowest BCUT2D eigenvalue weighted by Gasteiger charge is -2.17. The van der Waals surface area contributed by atoms with E-state index in [1.165, 1.54) is 29.5 Å². The minimum Gasteiger partial charge on any atom is -0.508 e. The van der Waals surface area contributed by atoms with Crippen LogP contribution in [0.1, 0.15) is 34.8 Å². The Bertz CT molecular complexity index is 1140. The number of hydrogen-bond donors (Lipinski definition) is 4. The van der Waals surface area contributed by atoms with Crippen LogP contribution in [0.2, 0.25) is 0 Å². The molecule has 1 aromatic heterocycles. The normalized spacial score (nSPS) is 12.3. The molecule has 0 fully saturated rings. The molecule has 0 saturated heterocycles. The number of benzene rings is 2. The van der Waals surface area contributed by atoms with Crippen molar-refractivity contribution in [1.82, 2.24) is 10.3 Å². The molecule has 0 bridgehead atoms. The number of nitrogens with one attached hydrogen (secondary N) is 2. The zero-order chi connectivity index (χ0) is 22.4. The first-order chi connectivity index (χ1) is 14.7. The van der Waals surface area contributed by atoms with Crippen LogP contribution in [0.4, 0.5) is 5.69 Å². The third-order valence-electron chi connectivity index (χ3n) is 4.55. The van der Waals surface area contributed by atoms with Crippen LogP contribution in [0.25, 0.3) is 0 Å². The first kappa shape index (κ1) is 22.7. The summed E-state index contributed by atoms with van der Waals surface area (Å²) in [5.41, 5.74) is 2.55. The molecule has 1 atom stereocenters. The van der Waals surface area contributed by atoms with Crippen molar-refractivity contribution in [2.24, 2.45) is 0 Å². The molecule has 0 aliphatic rings. The number of amides is 1. The van der Waals surface area contributed by atoms with E-state index >= 15 is 0 Å². The molecule has 8 nitrogen and oxygen atoms in total. The third kappa shape index (κ3) is 6.78. The number of carbonyl (C=O) groups is 1. The quantitative estimate of drug-likeness (QED) is 0.362. The lowest BCUT2D eigenvalue weighted by Crippen LogP contribution is -2.31. The minimum absolute atomic E-state index is 0.0341. The Labute approximate surface area is 184 Å². The molecule has 164 valence electrons. The largest absolute Gasteiger partial charge is 0.508 e. The van der Waals surface area contributed by atoms with E-state index in [2.05, 4.69) is 10.3 Å². The zero-order valence-corrected chi connectivity index (χ0v) is 18.4. The third-order valence-corrected chi connectivity index (χ3v) is 6.05. The Balaban J connectivity index is 1.76. The van der Waals surface area contributed by atoms with Gasteiger partial charge < -0.3 is 10.4 Å². The lowest BCUT2D eigenvalue weighted by molar-refractivity contribution is -0.121. The van der Waals surface area contributed by atoms with Crippen molar-refractivity contribution in [1.29, 1.82) is 0 Å². The zero-order valence-electron chi connectivity index (χ0n) is 16.8. The van der Waals surface area contributed by atoms with Crippen molar-refractivity contribution >= 4 is 33.2 Å². The van der Waals surface area contributed by atoms with Crippen LogP contribution in [-0.2, 0) is 34.4 Å². The van der Waals surface area contributed by atoms with Gasteiger partial charge in [-0.05, 0) is 36.6 Å². The van der Waals surface area contributed by atoms with Crippen LogP contribution in [0.5, 0.6) is 5.75 Å². The smallest absolute Gasteiger partial charge is 0.357 e. The maximum atomic E-state index is 12.7. The number of thiazole rings is 1. The molecular weight excluding hydrogens is 438 g/mol. The minimum atomic E-state index is -4.34. The van der Waals surface area contributed by atoms with Crippen molar-refractivity contribution in [3.63, 3.8) is 0 Å². The molecule has 31 heavy (non-hydrogen) atoms. The monoisotopic (exact) mass is 461 g/mol. The van der Waals surface area contributed by atoms with E-state index in [9.17, 15) is 18.3 Å². The number of aromatic hydroxyl groups is 1. The van der Waals surface area contributed by atoms with Gasteiger partial charge in [-0.3, -0.25) is 14.1 Å². The van der Waals surface area contributed by atoms with Crippen molar-refractivity contribution in [3.8, 4) is 5.75 Å². The number of rotatable bonds is 9. The number of aryl methyl sites for hydroxylation is 1. The van der Waals surface area contributed by atoms with Gasteiger partial charge in [0, 0.05) is 10.9 Å². The summed E-state index contributed by atoms with van der Waals surface area (Å²) in [7, 11) is -4.34. The number of phenolic OH excluding ortho intramolecular Hbond substituents is 1. The molecule has 3 rings (SSSR count). The van der Waals surface area contributed by atoms with E-state index in [1.807, 2.05) is 17.0 Å². The van der Waals surface area contributed by atoms with Crippen molar-refractivity contribution in [3.05, 3.63) is 75.7 Å². The summed E-state index contributed by atoms with van der Waals surface area (Å²) in [6.07, 6.45) is 1.26. The average Bonchev–Trinajstić information content (AvgIpc) is 3.19. The summed E-state index contributed by atoms with van der Waals surface area (Å²) in [5, 5.41) is 15.6. The maximum absolute atomic E-state index is 12.7. The van der Waals surface area contributed by atoms with Gasteiger partial charge in [0.1, 0.15) is 10.8 Å². The molecule has 0 spiro atoms. The highest BCUT2D eigenvalue weighted by Gasteiger charge is 2.20. The predicted octanol–water partition coefficient (Wildman–Crippen LogP) is 3.27. The van der Waals surface area contributed by atoms with Crippen molar-refractivity contribution in [2.75, 3.05) is 4.72 Å². The number of nitrogens with zero attached hydrogens (tertiary/aromatic N) is 1. The first-order valence-corrected chi connectivity index (χ1v) is 11.9. The second-order valence-electron chi connectivity index (χ2n) is 6.93. The molecule has 2 aromatic carbocycles. The summed E-state index contributed by atoms with van der Waals surface area (Å²) >= 11 is 1.46. The van der Waals surface area contributed by atoms with E-state index in [0.29, 0.717) is 12.0 Å². The van der Waals surface area contributed by atoms with Crippen LogP contribution >= 0.6 is 11.3 Å². The van der Waals surface area contributed by atoms with E-state index < -0.39 is 10.3 Å². The summed E-state index contributed by atoms with van der Waals surface area (Å²) in [6, 6.07) is 12.8. The highest BCUT2D eigenvalue weighted by molar-refractivity contribution is 7.87. The standard InChI is InChI=1S/C21H23N3O5S2/c1-2-16-13-30-21(22-16)18(23-20(26)12-15-5-3-4-6-19(15)25)11-14-7-9-17(10-8-14)24-31(27,28)29/h3-10,13,18,24-25H,2,11-12H2,1H3,(H,23,26)(H,27,28,29). The molecule has 3 aromatic rings. The van der Waals surface area contributed by atoms with Gasteiger partial charge in [0.25, 0.3) is 0 Å². The van der Waals surface area contributed by atoms with Crippen LogP contribution in [-0.4, -0.2) is 29.0 Å². The van der Waals surface area contributed by atoms with E-state index in [-0.39, 0.29) is 29.8 Å². The Kier molecular flexibility index (Phi) is 7.26. The number of aromatic nitrogens is 1. The molecule has 1 heterocycles. The summed E-state index contributed by atoms with van der Waals surface area (Å²) < 4.78 is 32.8. The van der Waals surface area contributed by atoms with Gasteiger partial charge in [-0.2, -0.15) is 8.42 Å². The lowest BCUT2D eigenvalue weighted by atomic mass is 10.0. The number of para-hydroxylation sites is 1. The molecular formula is C21H23N3O5S2. The Hall–Kier alpha value is -2.95. The van der Waals surface area contributed by atoms with Crippen LogP contribution in [0.3, 0.4) is 0 Å². The number of carbonyl (C=O) groups excluding carboxylic acids is 1. The Morgan fingerprint density at radius 2 is 1.87 bits per heavy atom. The van der Waals surface area contributed by atoms with Gasteiger partial charge in [-0.15, -0.1) is 11.3 Å². The van der Waals surface area contributed by atoms with Gasteiger partial charge in [0.2, 0.25) is 5.91 Å². The fourth-order valence-electron chi connectivity index (χ4n) is 3.02. The fraction of sp³-hybridized carbons (Fsp3) is 0.238. The van der Waals surface area contributed by atoms with Crippen LogP contribution < -0.4 is 10.0 Å². The van der Waals surface area contributed by atoms with E-state index in [1.54, 1.807) is 30.3 Å². The topological polar surface area (TPSA) is 129 Å². The average molecular weight is 462 g/mol. The Morgan fingerprint density at radius 3 is 2.48 bits per heavy atom. The van der Waals surface area contributed by atoms with Crippen LogP contribution in [0.15, 0.2) is 53.9 Å². The van der Waals surface area contributed by atoms with Crippen molar-refractivity contribution in [2.45, 2.75) is 32.2 Å². The molecule has 10 heteroatoms. The highest BCUT2D eigenvalue weighted by Crippen LogP contribution is 2.24. The molecule has 4 N–H and O–H groups in total. The van der Waals surface area contributed by atoms with E-state index in [4.69, 9.17) is 4.55 Å². The Morgan fingerprint density at radius 1 is 1.16 bits per heavy atom. The van der Waals surface area contributed by atoms with Crippen LogP contribution in [0, 0.1) is 0 Å². The van der Waals surface area contributed by atoms with E-state index in [0.717, 1.165) is 22.7 Å². The summed E-state index contributed by atoms with van der Waals surface area (Å²) in [4.78, 5) is 17.3. The molecule has 0 aliphatic heterocycles. The maximum Gasteiger partial charge on any atom is 0.357 e. The fourth-order valence-corrected chi connectivity index (χ4v) is 4.40. The molecule has 1 unspecified atom stereocenters. The molecule has 0 aliphatic carbocycles. The second-order valence-corrected chi connectivity index (χ2v) is 8.98. The second kappa shape index (κ2) is 9.90. The number of hydrogen-bond acceptors (Lipinski definition) is 6. The first-order valence-electron chi connectivity index (χ1n) is 9.58. The van der Waals surface area contributed by atoms with Gasteiger partial charge in [0.05, 0.1) is 23.8 Å². The van der Waals surface area contributed by atoms with Gasteiger partial charge >= 0.3 is 10.3 Å².